The Morgan fingerprint density at radius 2 is 2.33 bits per heavy atom. The highest BCUT2D eigenvalue weighted by Gasteiger charge is 2.11. The lowest BCUT2D eigenvalue weighted by Gasteiger charge is -2.13. The van der Waals surface area contributed by atoms with E-state index in [0.717, 1.165) is 31.7 Å². The Morgan fingerprint density at radius 3 is 2.87 bits per heavy atom. The number of nitrogens with one attached hydrogen (secondary N) is 1. The first-order chi connectivity index (χ1) is 7.27. The van der Waals surface area contributed by atoms with E-state index >= 15 is 0 Å². The van der Waals surface area contributed by atoms with Crippen molar-refractivity contribution in [1.82, 2.24) is 15.1 Å². The first kappa shape index (κ1) is 12.2. The van der Waals surface area contributed by atoms with Crippen molar-refractivity contribution in [3.05, 3.63) is 18.0 Å². The van der Waals surface area contributed by atoms with Crippen LogP contribution in [-0.4, -0.2) is 30.0 Å². The number of aromatic nitrogens is 2. The van der Waals surface area contributed by atoms with Crippen LogP contribution < -0.4 is 5.32 Å². The lowest BCUT2D eigenvalue weighted by molar-refractivity contribution is 0.125. The number of hydrogen-bond donors (Lipinski definition) is 1. The standard InChI is InChI=1S/C11H21N3O/c1-4-8-15-9-6-10(12-2)11-5-7-14(3)13-11/h5,7,10,12H,4,6,8-9H2,1-3H3. The molecule has 0 amide bonds. The van der Waals surface area contributed by atoms with Crippen molar-refractivity contribution >= 4 is 0 Å². The Bertz CT molecular complexity index is 273. The van der Waals surface area contributed by atoms with Crippen molar-refractivity contribution in [2.45, 2.75) is 25.8 Å². The fourth-order valence-corrected chi connectivity index (χ4v) is 1.51. The van der Waals surface area contributed by atoms with Gasteiger partial charge in [-0.25, -0.2) is 0 Å². The summed E-state index contributed by atoms with van der Waals surface area (Å²) in [5.41, 5.74) is 1.08. The monoisotopic (exact) mass is 211 g/mol. The van der Waals surface area contributed by atoms with Gasteiger partial charge in [0.05, 0.1) is 11.7 Å². The molecular weight excluding hydrogens is 190 g/mol. The normalized spacial score (nSPS) is 13.0. The minimum Gasteiger partial charge on any atom is -0.381 e. The van der Waals surface area contributed by atoms with Crippen LogP contribution in [0.15, 0.2) is 12.3 Å². The van der Waals surface area contributed by atoms with Gasteiger partial charge in [0.2, 0.25) is 0 Å². The van der Waals surface area contributed by atoms with Crippen molar-refractivity contribution in [2.24, 2.45) is 7.05 Å². The zero-order valence-electron chi connectivity index (χ0n) is 9.86. The third-order valence-electron chi connectivity index (χ3n) is 2.34. The van der Waals surface area contributed by atoms with E-state index in [9.17, 15) is 0 Å². The summed E-state index contributed by atoms with van der Waals surface area (Å²) in [5, 5.41) is 7.63. The van der Waals surface area contributed by atoms with E-state index in [4.69, 9.17) is 4.74 Å². The van der Waals surface area contributed by atoms with Crippen LogP contribution >= 0.6 is 0 Å². The van der Waals surface area contributed by atoms with Crippen LogP contribution in [0.25, 0.3) is 0 Å². The van der Waals surface area contributed by atoms with Crippen molar-refractivity contribution < 1.29 is 4.74 Å². The minimum atomic E-state index is 0.294. The van der Waals surface area contributed by atoms with E-state index in [0.29, 0.717) is 6.04 Å². The highest BCUT2D eigenvalue weighted by Crippen LogP contribution is 2.13. The van der Waals surface area contributed by atoms with Gasteiger partial charge in [0.15, 0.2) is 0 Å². The van der Waals surface area contributed by atoms with E-state index < -0.39 is 0 Å². The van der Waals surface area contributed by atoms with Gasteiger partial charge in [-0.1, -0.05) is 6.92 Å². The lowest BCUT2D eigenvalue weighted by Crippen LogP contribution is -2.19. The molecule has 0 radical (unpaired) electrons. The summed E-state index contributed by atoms with van der Waals surface area (Å²) in [6, 6.07) is 2.34. The van der Waals surface area contributed by atoms with Gasteiger partial charge in [-0.3, -0.25) is 4.68 Å². The molecule has 1 heterocycles. The zero-order chi connectivity index (χ0) is 11.1. The Balaban J connectivity index is 2.35. The number of aryl methyl sites for hydroxylation is 1. The quantitative estimate of drug-likeness (QED) is 0.695. The third-order valence-corrected chi connectivity index (χ3v) is 2.34. The zero-order valence-corrected chi connectivity index (χ0v) is 9.86. The van der Waals surface area contributed by atoms with E-state index in [1.807, 2.05) is 31.0 Å². The predicted molar refractivity (Wildman–Crippen MR) is 60.7 cm³/mol. The van der Waals surface area contributed by atoms with E-state index in [1.165, 1.54) is 0 Å². The van der Waals surface area contributed by atoms with Gasteiger partial charge in [-0.2, -0.15) is 5.10 Å². The predicted octanol–water partition coefficient (Wildman–Crippen LogP) is 1.50. The molecule has 1 atom stereocenters. The second-order valence-corrected chi connectivity index (χ2v) is 3.66. The molecule has 0 fully saturated rings. The molecule has 4 nitrogen and oxygen atoms in total. The van der Waals surface area contributed by atoms with Crippen LogP contribution in [0.3, 0.4) is 0 Å². The topological polar surface area (TPSA) is 39.1 Å². The Morgan fingerprint density at radius 1 is 1.53 bits per heavy atom. The highest BCUT2D eigenvalue weighted by atomic mass is 16.5. The van der Waals surface area contributed by atoms with Crippen molar-refractivity contribution in [1.29, 1.82) is 0 Å². The first-order valence-corrected chi connectivity index (χ1v) is 5.52. The largest absolute Gasteiger partial charge is 0.381 e. The maximum absolute atomic E-state index is 5.47. The van der Waals surface area contributed by atoms with Gasteiger partial charge in [-0.15, -0.1) is 0 Å². The van der Waals surface area contributed by atoms with E-state index in [1.54, 1.807) is 0 Å². The molecule has 1 aromatic rings. The summed E-state index contributed by atoms with van der Waals surface area (Å²) in [6.45, 7) is 3.75. The summed E-state index contributed by atoms with van der Waals surface area (Å²) < 4.78 is 7.29. The molecule has 86 valence electrons. The first-order valence-electron chi connectivity index (χ1n) is 5.52. The van der Waals surface area contributed by atoms with Crippen LogP contribution in [0.1, 0.15) is 31.5 Å². The van der Waals surface area contributed by atoms with Gasteiger partial charge < -0.3 is 10.1 Å². The average Bonchev–Trinajstić information content (AvgIpc) is 2.65. The van der Waals surface area contributed by atoms with Crippen molar-refractivity contribution in [3.63, 3.8) is 0 Å². The van der Waals surface area contributed by atoms with Crippen LogP contribution in [0.2, 0.25) is 0 Å². The fraction of sp³-hybridized carbons (Fsp3) is 0.727. The van der Waals surface area contributed by atoms with E-state index in [2.05, 4.69) is 17.3 Å². The molecule has 0 aromatic carbocycles. The summed E-state index contributed by atoms with van der Waals surface area (Å²) in [5.74, 6) is 0. The van der Waals surface area contributed by atoms with Crippen molar-refractivity contribution in [3.8, 4) is 0 Å². The average molecular weight is 211 g/mol. The third kappa shape index (κ3) is 4.01. The second kappa shape index (κ2) is 6.58. The van der Waals surface area contributed by atoms with Crippen LogP contribution in [0, 0.1) is 0 Å². The fourth-order valence-electron chi connectivity index (χ4n) is 1.51. The molecule has 0 aliphatic rings. The van der Waals surface area contributed by atoms with Gasteiger partial charge in [0.25, 0.3) is 0 Å². The maximum atomic E-state index is 5.47. The molecule has 15 heavy (non-hydrogen) atoms. The highest BCUT2D eigenvalue weighted by molar-refractivity contribution is 5.04. The summed E-state index contributed by atoms with van der Waals surface area (Å²) in [6.07, 6.45) is 4.01. The Hall–Kier alpha value is -0.870. The second-order valence-electron chi connectivity index (χ2n) is 3.66. The molecule has 4 heteroatoms. The Kier molecular flexibility index (Phi) is 5.36. The summed E-state index contributed by atoms with van der Waals surface area (Å²) in [4.78, 5) is 0. The van der Waals surface area contributed by atoms with Crippen LogP contribution in [0.5, 0.6) is 0 Å². The SMILES string of the molecule is CCCOCCC(NC)c1ccn(C)n1. The summed E-state index contributed by atoms with van der Waals surface area (Å²) in [7, 11) is 3.89. The number of nitrogens with zero attached hydrogens (tertiary/aromatic N) is 2. The van der Waals surface area contributed by atoms with Crippen molar-refractivity contribution in [2.75, 3.05) is 20.3 Å². The molecule has 0 bridgehead atoms. The molecule has 0 saturated heterocycles. The maximum Gasteiger partial charge on any atom is 0.0794 e. The van der Waals surface area contributed by atoms with Gasteiger partial charge in [0.1, 0.15) is 0 Å². The molecule has 1 rings (SSSR count). The number of ether oxygens (including phenoxy) is 1. The van der Waals surface area contributed by atoms with E-state index in [-0.39, 0.29) is 0 Å². The number of rotatable bonds is 7. The molecule has 0 spiro atoms. The van der Waals surface area contributed by atoms with Gasteiger partial charge >= 0.3 is 0 Å². The molecule has 1 aromatic heterocycles. The lowest BCUT2D eigenvalue weighted by atomic mass is 10.1. The molecule has 1 N–H and O–H groups in total. The number of hydrogen-bond acceptors (Lipinski definition) is 3. The molecule has 0 saturated carbocycles. The van der Waals surface area contributed by atoms with Crippen LogP contribution in [-0.2, 0) is 11.8 Å². The summed E-state index contributed by atoms with van der Waals surface area (Å²) >= 11 is 0. The van der Waals surface area contributed by atoms with Gasteiger partial charge in [-0.05, 0) is 26.0 Å². The molecule has 1 unspecified atom stereocenters. The van der Waals surface area contributed by atoms with Gasteiger partial charge in [0, 0.05) is 26.5 Å². The van der Waals surface area contributed by atoms with Crippen LogP contribution in [0.4, 0.5) is 0 Å². The molecule has 0 aliphatic carbocycles. The minimum absolute atomic E-state index is 0.294. The molecule has 0 aliphatic heterocycles. The smallest absolute Gasteiger partial charge is 0.0794 e. The molecular formula is C11H21N3O. The Labute approximate surface area is 91.6 Å².